The molecule has 1 fully saturated rings. The lowest BCUT2D eigenvalue weighted by molar-refractivity contribution is -0.129. The first-order chi connectivity index (χ1) is 17.8. The van der Waals surface area contributed by atoms with Gasteiger partial charge in [0.2, 0.25) is 11.9 Å². The third-order valence-electron chi connectivity index (χ3n) is 7.60. The first kappa shape index (κ1) is 29.5. The van der Waals surface area contributed by atoms with E-state index in [4.69, 9.17) is 15.7 Å². The molecule has 208 valence electrons. The van der Waals surface area contributed by atoms with Crippen molar-refractivity contribution >= 4 is 33.9 Å². The fraction of sp³-hybridized carbons (Fsp3) is 0.615. The van der Waals surface area contributed by atoms with Crippen LogP contribution in [0.25, 0.3) is 5.53 Å². The number of carbonyl (C=O) groups excluding carboxylic acids is 2. The Morgan fingerprint density at radius 2 is 1.84 bits per heavy atom. The van der Waals surface area contributed by atoms with Crippen molar-refractivity contribution in [3.05, 3.63) is 33.3 Å². The standard InChI is InChI=1S/C26H38N6O5S/c1-15-16(2)23(17(3)19-14-37-26(4,5)22(15)19)38(35,36)32-25(27)29-12-8-11-20(21(33)13-30-28)31-24(34)18-9-6-7-10-18/h13,18,20H,6-12,14H2,1-5H3,(H,31,34)(H3,27,29,32). The average molecular weight is 547 g/mol. The van der Waals surface area contributed by atoms with Gasteiger partial charge in [-0.25, -0.2) is 13.1 Å². The molecule has 0 bridgehead atoms. The molecule has 1 aromatic rings. The number of fused-ring (bicyclic) bond motifs is 1. The molecule has 0 saturated heterocycles. The van der Waals surface area contributed by atoms with Crippen molar-refractivity contribution in [2.75, 3.05) is 6.54 Å². The Morgan fingerprint density at radius 1 is 1.18 bits per heavy atom. The Hall–Kier alpha value is -3.08. The second-order valence-electron chi connectivity index (χ2n) is 10.6. The maximum Gasteiger partial charge on any atom is 0.325 e. The number of nitrogens with zero attached hydrogens (tertiary/aromatic N) is 2. The van der Waals surface area contributed by atoms with Gasteiger partial charge in [-0.2, -0.15) is 4.79 Å². The van der Waals surface area contributed by atoms with Crippen LogP contribution in [-0.4, -0.2) is 49.7 Å². The molecular formula is C26H38N6O5S. The molecular weight excluding hydrogens is 508 g/mol. The van der Waals surface area contributed by atoms with Gasteiger partial charge < -0.3 is 20.9 Å². The van der Waals surface area contributed by atoms with E-state index < -0.39 is 33.4 Å². The molecule has 1 heterocycles. The molecule has 0 radical (unpaired) electrons. The second kappa shape index (κ2) is 11.8. The van der Waals surface area contributed by atoms with Crippen LogP contribution < -0.4 is 15.4 Å². The topological polar surface area (TPSA) is 174 Å². The van der Waals surface area contributed by atoms with E-state index in [0.717, 1.165) is 48.6 Å². The molecule has 4 N–H and O–H groups in total. The van der Waals surface area contributed by atoms with E-state index in [0.29, 0.717) is 24.2 Å². The van der Waals surface area contributed by atoms with E-state index in [-0.39, 0.29) is 29.7 Å². The van der Waals surface area contributed by atoms with Crippen molar-refractivity contribution in [1.82, 2.24) is 15.4 Å². The molecule has 12 heteroatoms. The normalized spacial score (nSPS) is 17.3. The van der Waals surface area contributed by atoms with Crippen molar-refractivity contribution in [3.63, 3.8) is 0 Å². The molecule has 1 unspecified atom stereocenters. The van der Waals surface area contributed by atoms with Crippen molar-refractivity contribution in [1.29, 1.82) is 5.41 Å². The number of hydrogen-bond acceptors (Lipinski definition) is 6. The summed E-state index contributed by atoms with van der Waals surface area (Å²) in [4.78, 5) is 27.7. The third-order valence-corrected chi connectivity index (χ3v) is 9.22. The van der Waals surface area contributed by atoms with Gasteiger partial charge in [0.25, 0.3) is 15.8 Å². The molecule has 1 aromatic carbocycles. The Bertz CT molecular complexity index is 1280. The summed E-state index contributed by atoms with van der Waals surface area (Å²) in [5.41, 5.74) is 12.2. The summed E-state index contributed by atoms with van der Waals surface area (Å²) in [5.74, 6) is -1.23. The fourth-order valence-electron chi connectivity index (χ4n) is 5.56. The Balaban J connectivity index is 1.61. The summed E-state index contributed by atoms with van der Waals surface area (Å²) in [6.45, 7) is 9.84. The molecule has 1 saturated carbocycles. The number of ketones is 1. The predicted octanol–water partition coefficient (Wildman–Crippen LogP) is 2.50. The van der Waals surface area contributed by atoms with Crippen LogP contribution in [0.15, 0.2) is 4.90 Å². The Morgan fingerprint density at radius 3 is 2.47 bits per heavy atom. The van der Waals surface area contributed by atoms with Crippen LogP contribution in [0.3, 0.4) is 0 Å². The predicted molar refractivity (Wildman–Crippen MR) is 142 cm³/mol. The van der Waals surface area contributed by atoms with Gasteiger partial charge in [0, 0.05) is 12.5 Å². The number of sulfonamides is 1. The lowest BCUT2D eigenvalue weighted by Gasteiger charge is -2.24. The van der Waals surface area contributed by atoms with Gasteiger partial charge in [-0.3, -0.25) is 15.0 Å². The van der Waals surface area contributed by atoms with E-state index in [1.807, 2.05) is 20.8 Å². The van der Waals surface area contributed by atoms with E-state index in [1.165, 1.54) is 0 Å². The van der Waals surface area contributed by atoms with Gasteiger partial charge in [0.1, 0.15) is 0 Å². The fourth-order valence-corrected chi connectivity index (χ4v) is 7.09. The highest BCUT2D eigenvalue weighted by molar-refractivity contribution is 7.90. The smallest absolute Gasteiger partial charge is 0.325 e. The van der Waals surface area contributed by atoms with Gasteiger partial charge in [-0.05, 0) is 88.1 Å². The number of nitrogens with one attached hydrogen (secondary N) is 4. The molecule has 1 amide bonds. The zero-order valence-electron chi connectivity index (χ0n) is 22.7. The lowest BCUT2D eigenvalue weighted by atomic mass is 9.87. The highest BCUT2D eigenvalue weighted by atomic mass is 32.2. The van der Waals surface area contributed by atoms with Crippen LogP contribution in [0, 0.1) is 32.1 Å². The Kier molecular flexibility index (Phi) is 9.12. The SMILES string of the molecule is Cc1c(C)c(S(=O)(=O)NC(=N)NCCCC(NC(=O)C2CCCC2)C(=O)C=[N+]=[N-])c(C)c2c1C(C)(C)OC2. The van der Waals surface area contributed by atoms with Crippen molar-refractivity contribution in [3.8, 4) is 0 Å². The van der Waals surface area contributed by atoms with E-state index in [9.17, 15) is 18.0 Å². The van der Waals surface area contributed by atoms with Gasteiger partial charge in [-0.1, -0.05) is 12.8 Å². The molecule has 0 aromatic heterocycles. The number of hydrogen-bond donors (Lipinski definition) is 4. The summed E-state index contributed by atoms with van der Waals surface area (Å²) in [6.07, 6.45) is 4.87. The number of guanidine groups is 1. The summed E-state index contributed by atoms with van der Waals surface area (Å²) in [5, 5.41) is 13.6. The zero-order chi connectivity index (χ0) is 28.3. The first-order valence-electron chi connectivity index (χ1n) is 12.9. The minimum Gasteiger partial charge on any atom is -0.366 e. The van der Waals surface area contributed by atoms with Crippen LogP contribution in [0.2, 0.25) is 0 Å². The average Bonchev–Trinajstić information content (AvgIpc) is 3.47. The van der Waals surface area contributed by atoms with Crippen molar-refractivity contribution in [2.45, 2.75) is 96.3 Å². The quantitative estimate of drug-likeness (QED) is 0.115. The number of ether oxygens (including phenoxy) is 1. The molecule has 0 spiro atoms. The third kappa shape index (κ3) is 6.31. The van der Waals surface area contributed by atoms with Gasteiger partial charge in [0.05, 0.1) is 23.1 Å². The van der Waals surface area contributed by atoms with Crippen molar-refractivity contribution < 1.29 is 27.5 Å². The van der Waals surface area contributed by atoms with E-state index in [2.05, 4.69) is 20.1 Å². The molecule has 1 aliphatic heterocycles. The number of carbonyl (C=O) groups is 2. The summed E-state index contributed by atoms with van der Waals surface area (Å²) >= 11 is 0. The number of rotatable bonds is 10. The maximum atomic E-state index is 13.3. The van der Waals surface area contributed by atoms with Crippen molar-refractivity contribution in [2.24, 2.45) is 5.92 Å². The van der Waals surface area contributed by atoms with Crippen LogP contribution in [0.1, 0.15) is 80.2 Å². The Labute approximate surface area is 224 Å². The van der Waals surface area contributed by atoms with Gasteiger partial charge in [0.15, 0.2) is 0 Å². The van der Waals surface area contributed by atoms with E-state index >= 15 is 0 Å². The number of benzene rings is 1. The molecule has 3 rings (SSSR count). The number of Topliss-reactive ketones (excluding diaryl/α,β-unsaturated/α-hetero) is 1. The van der Waals surface area contributed by atoms with Crippen LogP contribution >= 0.6 is 0 Å². The molecule has 11 nitrogen and oxygen atoms in total. The summed E-state index contributed by atoms with van der Waals surface area (Å²) in [7, 11) is -4.05. The molecule has 2 aliphatic rings. The molecule has 1 atom stereocenters. The van der Waals surface area contributed by atoms with Crippen LogP contribution in [-0.2, 0) is 36.6 Å². The maximum absolute atomic E-state index is 13.3. The monoisotopic (exact) mass is 546 g/mol. The lowest BCUT2D eigenvalue weighted by Crippen LogP contribution is -2.45. The molecule has 38 heavy (non-hydrogen) atoms. The van der Waals surface area contributed by atoms with Gasteiger partial charge in [-0.15, -0.1) is 0 Å². The highest BCUT2D eigenvalue weighted by Crippen LogP contribution is 2.43. The van der Waals surface area contributed by atoms with Crippen LogP contribution in [0.4, 0.5) is 0 Å². The largest absolute Gasteiger partial charge is 0.366 e. The minimum absolute atomic E-state index is 0.121. The van der Waals surface area contributed by atoms with Crippen LogP contribution in [0.5, 0.6) is 0 Å². The summed E-state index contributed by atoms with van der Waals surface area (Å²) in [6, 6.07) is -0.863. The number of amides is 1. The first-order valence-corrected chi connectivity index (χ1v) is 14.4. The highest BCUT2D eigenvalue weighted by Gasteiger charge is 2.37. The minimum atomic E-state index is -4.05. The molecule has 1 aliphatic carbocycles. The van der Waals surface area contributed by atoms with Gasteiger partial charge >= 0.3 is 6.21 Å². The second-order valence-corrected chi connectivity index (χ2v) is 12.2. The van der Waals surface area contributed by atoms with E-state index in [1.54, 1.807) is 13.8 Å². The zero-order valence-corrected chi connectivity index (χ0v) is 23.5. The summed E-state index contributed by atoms with van der Waals surface area (Å²) < 4.78 is 34.8.